The second kappa shape index (κ2) is 21.6. The highest BCUT2D eigenvalue weighted by molar-refractivity contribution is 7.46. The zero-order valence-electron chi connectivity index (χ0n) is 32.1. The minimum atomic E-state index is -5.10. The molecule has 2 aromatic rings. The van der Waals surface area contributed by atoms with Crippen LogP contribution >= 0.6 is 7.82 Å². The SMILES string of the molecule is CC(=O)N1CCC[C@H]1C(=O)N[C@@H](CC(C)C)C(=O)N[C@@H](Cc1nccn1CCCCc1ccccc1)C(=O)N[C@@H](CO)C(=O)N[C@H](C(N)=O)[C@@H](C)OP(=O)(O)O. The average molecular weight is 807 g/mol. The first kappa shape index (κ1) is 45.7. The first-order valence-corrected chi connectivity index (χ1v) is 20.1. The Kier molecular flexibility index (Phi) is 17.6. The number of phosphoric ester groups is 1. The van der Waals surface area contributed by atoms with E-state index in [0.717, 1.165) is 26.2 Å². The van der Waals surface area contributed by atoms with Gasteiger partial charge in [0.05, 0.1) is 12.7 Å². The molecule has 0 saturated carbocycles. The smallest absolute Gasteiger partial charge is 0.394 e. The molecule has 3 rings (SSSR count). The Morgan fingerprint density at radius 1 is 0.946 bits per heavy atom. The Labute approximate surface area is 325 Å². The van der Waals surface area contributed by atoms with Crippen LogP contribution in [0.1, 0.15) is 71.2 Å². The van der Waals surface area contributed by atoms with Crippen molar-refractivity contribution in [2.24, 2.45) is 11.7 Å². The molecule has 1 aliphatic heterocycles. The number of primary amides is 1. The lowest BCUT2D eigenvalue weighted by atomic mass is 10.0. The fourth-order valence-electron chi connectivity index (χ4n) is 6.46. The van der Waals surface area contributed by atoms with Crippen molar-refractivity contribution in [1.82, 2.24) is 35.7 Å². The van der Waals surface area contributed by atoms with Crippen LogP contribution in [-0.4, -0.2) is 114 Å². The zero-order chi connectivity index (χ0) is 41.6. The standard InChI is InChI=1S/C36H55N8O11P/c1-22(2)19-26(40-36(51)29-14-10-17-44(29)24(4)46)33(48)39-27(20-30-38-15-18-43(30)16-9-8-13-25-11-6-5-7-12-25)34(49)41-28(21-45)35(50)42-31(32(37)47)23(3)55-56(52,53)54/h5-7,11-12,15,18,22-23,26-29,31,45H,8-10,13-14,16-17,19-21H2,1-4H3,(H2,37,47)(H,39,48)(H,40,51)(H,41,49)(H,42,50)(H2,52,53,54)/t23-,26+,27+,28+,29+,31+/m1/s1. The molecule has 0 aliphatic carbocycles. The van der Waals surface area contributed by atoms with Gasteiger partial charge in [0.1, 0.15) is 36.0 Å². The number of carbonyl (C=O) groups is 6. The van der Waals surface area contributed by atoms with Gasteiger partial charge in [0.2, 0.25) is 35.4 Å². The summed E-state index contributed by atoms with van der Waals surface area (Å²) in [4.78, 5) is 103. The van der Waals surface area contributed by atoms with E-state index in [1.54, 1.807) is 12.4 Å². The van der Waals surface area contributed by atoms with E-state index in [9.17, 15) is 38.4 Å². The van der Waals surface area contributed by atoms with Crippen molar-refractivity contribution in [3.8, 4) is 0 Å². The highest BCUT2D eigenvalue weighted by Crippen LogP contribution is 2.38. The number of nitrogens with zero attached hydrogens (tertiary/aromatic N) is 3. The van der Waals surface area contributed by atoms with Gasteiger partial charge in [-0.25, -0.2) is 9.55 Å². The predicted molar refractivity (Wildman–Crippen MR) is 202 cm³/mol. The van der Waals surface area contributed by atoms with Crippen LogP contribution < -0.4 is 27.0 Å². The van der Waals surface area contributed by atoms with Crippen molar-refractivity contribution in [3.05, 3.63) is 54.1 Å². The van der Waals surface area contributed by atoms with Crippen molar-refractivity contribution >= 4 is 43.3 Å². The zero-order valence-corrected chi connectivity index (χ0v) is 33.0. The molecule has 1 fully saturated rings. The van der Waals surface area contributed by atoms with Gasteiger partial charge in [-0.2, -0.15) is 0 Å². The molecule has 0 spiro atoms. The normalized spacial score (nSPS) is 17.0. The van der Waals surface area contributed by atoms with E-state index in [0.29, 0.717) is 31.8 Å². The number of imidazole rings is 1. The molecule has 0 radical (unpaired) electrons. The van der Waals surface area contributed by atoms with Crippen LogP contribution in [0.5, 0.6) is 0 Å². The number of aromatic nitrogens is 2. The minimum Gasteiger partial charge on any atom is -0.394 e. The molecule has 19 nitrogen and oxygen atoms in total. The molecule has 56 heavy (non-hydrogen) atoms. The molecule has 6 atom stereocenters. The Bertz CT molecular complexity index is 1700. The summed E-state index contributed by atoms with van der Waals surface area (Å²) < 4.78 is 17.7. The second-order valence-corrected chi connectivity index (χ2v) is 15.4. The Balaban J connectivity index is 1.84. The lowest BCUT2D eigenvalue weighted by molar-refractivity contribution is -0.139. The number of nitrogens with one attached hydrogen (secondary N) is 4. The fraction of sp³-hybridized carbons (Fsp3) is 0.583. The first-order valence-electron chi connectivity index (χ1n) is 18.6. The quantitative estimate of drug-likeness (QED) is 0.0548. The molecule has 310 valence electrons. The number of aliphatic hydroxyl groups is 1. The maximum absolute atomic E-state index is 13.9. The molecule has 1 saturated heterocycles. The lowest BCUT2D eigenvalue weighted by Gasteiger charge is -2.28. The van der Waals surface area contributed by atoms with Gasteiger partial charge in [0.15, 0.2) is 0 Å². The maximum Gasteiger partial charge on any atom is 0.469 e. The summed E-state index contributed by atoms with van der Waals surface area (Å²) in [6.07, 6.45) is 5.19. The van der Waals surface area contributed by atoms with E-state index in [1.165, 1.54) is 17.4 Å². The number of nitrogens with two attached hydrogens (primary N) is 1. The van der Waals surface area contributed by atoms with E-state index >= 15 is 0 Å². The topological polar surface area (TPSA) is 285 Å². The molecular weight excluding hydrogens is 751 g/mol. The van der Waals surface area contributed by atoms with E-state index in [4.69, 9.17) is 15.5 Å². The van der Waals surface area contributed by atoms with E-state index in [1.807, 2.05) is 48.7 Å². The van der Waals surface area contributed by atoms with Crippen LogP contribution in [0.2, 0.25) is 0 Å². The van der Waals surface area contributed by atoms with Crippen LogP contribution in [0.4, 0.5) is 0 Å². The number of phosphoric acid groups is 1. The van der Waals surface area contributed by atoms with Gasteiger partial charge in [-0.15, -0.1) is 0 Å². The molecule has 6 amide bonds. The number of aliphatic hydroxyl groups excluding tert-OH is 1. The third-order valence-corrected chi connectivity index (χ3v) is 9.88. The first-order chi connectivity index (χ1) is 26.4. The monoisotopic (exact) mass is 806 g/mol. The minimum absolute atomic E-state index is 0.0850. The molecule has 2 heterocycles. The lowest BCUT2D eigenvalue weighted by Crippen LogP contribution is -2.61. The number of rotatable bonds is 22. The highest BCUT2D eigenvalue weighted by Gasteiger charge is 2.37. The van der Waals surface area contributed by atoms with E-state index in [2.05, 4.69) is 30.8 Å². The van der Waals surface area contributed by atoms with E-state index < -0.39 is 80.3 Å². The van der Waals surface area contributed by atoms with Crippen molar-refractivity contribution in [3.63, 3.8) is 0 Å². The number of aryl methyl sites for hydroxylation is 2. The molecular formula is C36H55N8O11P. The fourth-order valence-corrected chi connectivity index (χ4v) is 7.01. The number of unbranched alkanes of at least 4 members (excludes halogenated alkanes) is 1. The maximum atomic E-state index is 13.9. The number of benzene rings is 1. The van der Waals surface area contributed by atoms with Crippen LogP contribution in [0.25, 0.3) is 0 Å². The highest BCUT2D eigenvalue weighted by atomic mass is 31.2. The largest absolute Gasteiger partial charge is 0.469 e. The second-order valence-electron chi connectivity index (χ2n) is 14.2. The van der Waals surface area contributed by atoms with Crippen LogP contribution in [0.15, 0.2) is 42.7 Å². The molecule has 1 aromatic heterocycles. The van der Waals surface area contributed by atoms with Gasteiger partial charge in [-0.3, -0.25) is 33.3 Å². The van der Waals surface area contributed by atoms with Gasteiger partial charge in [0, 0.05) is 38.8 Å². The summed E-state index contributed by atoms with van der Waals surface area (Å²) in [5.41, 5.74) is 6.52. The number of amides is 6. The molecule has 20 heteroatoms. The average Bonchev–Trinajstić information content (AvgIpc) is 3.80. The Morgan fingerprint density at radius 3 is 2.20 bits per heavy atom. The molecule has 9 N–H and O–H groups in total. The number of hydrogen-bond acceptors (Lipinski definition) is 10. The van der Waals surface area contributed by atoms with Crippen molar-refractivity contribution in [2.45, 2.75) is 115 Å². The number of likely N-dealkylation sites (tertiary alicyclic amines) is 1. The Morgan fingerprint density at radius 2 is 1.59 bits per heavy atom. The molecule has 0 bridgehead atoms. The molecule has 0 unspecified atom stereocenters. The van der Waals surface area contributed by atoms with Crippen LogP contribution in [0, 0.1) is 5.92 Å². The predicted octanol–water partition coefficient (Wildman–Crippen LogP) is -0.580. The van der Waals surface area contributed by atoms with Gasteiger partial charge in [0.25, 0.3) is 0 Å². The van der Waals surface area contributed by atoms with Gasteiger partial charge < -0.3 is 51.4 Å². The number of carbonyl (C=O) groups excluding carboxylic acids is 6. The summed E-state index contributed by atoms with van der Waals surface area (Å²) in [7, 11) is -5.10. The van der Waals surface area contributed by atoms with Crippen molar-refractivity contribution < 1.29 is 52.7 Å². The van der Waals surface area contributed by atoms with Crippen molar-refractivity contribution in [2.75, 3.05) is 13.2 Å². The van der Waals surface area contributed by atoms with E-state index in [-0.39, 0.29) is 24.7 Å². The van der Waals surface area contributed by atoms with Gasteiger partial charge in [-0.1, -0.05) is 44.2 Å². The summed E-state index contributed by atoms with van der Waals surface area (Å²) in [5, 5.41) is 20.0. The molecule has 1 aromatic carbocycles. The third kappa shape index (κ3) is 14.4. The van der Waals surface area contributed by atoms with Gasteiger partial charge >= 0.3 is 7.82 Å². The van der Waals surface area contributed by atoms with Gasteiger partial charge in [-0.05, 0) is 56.9 Å². The molecule has 1 aliphatic rings. The summed E-state index contributed by atoms with van der Waals surface area (Å²) in [5.74, 6) is -4.47. The summed E-state index contributed by atoms with van der Waals surface area (Å²) in [6, 6.07) is 3.19. The Hall–Kier alpha value is -4.68. The summed E-state index contributed by atoms with van der Waals surface area (Å²) in [6.45, 7) is 6.09. The third-order valence-electron chi connectivity index (χ3n) is 9.27. The van der Waals surface area contributed by atoms with Crippen molar-refractivity contribution in [1.29, 1.82) is 0 Å². The summed E-state index contributed by atoms with van der Waals surface area (Å²) >= 11 is 0. The van der Waals surface area contributed by atoms with Crippen LogP contribution in [0.3, 0.4) is 0 Å². The number of hydrogen-bond donors (Lipinski definition) is 8. The van der Waals surface area contributed by atoms with Crippen LogP contribution in [-0.2, 0) is 57.2 Å².